The van der Waals surface area contributed by atoms with E-state index in [-0.39, 0.29) is 0 Å². The number of rotatable bonds is 2. The molecule has 0 N–H and O–H groups in total. The van der Waals surface area contributed by atoms with Crippen molar-refractivity contribution in [2.24, 2.45) is 0 Å². The molecule has 76 valence electrons. The Kier molecular flexibility index (Phi) is 4.16. The van der Waals surface area contributed by atoms with Gasteiger partial charge in [-0.05, 0) is 17.7 Å². The summed E-state index contributed by atoms with van der Waals surface area (Å²) in [5.74, 6) is 4.90. The van der Waals surface area contributed by atoms with Gasteiger partial charge in [0.1, 0.15) is 0 Å². The first-order valence-corrected chi connectivity index (χ1v) is 7.03. The second-order valence-electron chi connectivity index (χ2n) is 3.26. The summed E-state index contributed by atoms with van der Waals surface area (Å²) >= 11 is 4.07. The minimum absolute atomic E-state index is 1.06. The third-order valence-electron chi connectivity index (χ3n) is 2.08. The van der Waals surface area contributed by atoms with E-state index < -0.39 is 0 Å². The van der Waals surface area contributed by atoms with Gasteiger partial charge in [-0.15, -0.1) is 23.5 Å². The molecule has 2 rings (SSSR count). The highest BCUT2D eigenvalue weighted by Gasteiger charge is 2.09. The van der Waals surface area contributed by atoms with E-state index in [1.165, 1.54) is 17.1 Å². The van der Waals surface area contributed by atoms with Gasteiger partial charge in [0.2, 0.25) is 0 Å². The molecule has 0 aromatic carbocycles. The number of hydrogen-bond acceptors (Lipinski definition) is 4. The van der Waals surface area contributed by atoms with E-state index in [9.17, 15) is 0 Å². The normalized spacial score (nSPS) is 19.1. The number of pyridine rings is 1. The van der Waals surface area contributed by atoms with Gasteiger partial charge in [0.15, 0.2) is 0 Å². The zero-order chi connectivity index (χ0) is 9.64. The van der Waals surface area contributed by atoms with Gasteiger partial charge in [-0.25, -0.2) is 0 Å². The lowest BCUT2D eigenvalue weighted by atomic mass is 10.3. The minimum Gasteiger partial charge on any atom is -0.281 e. The summed E-state index contributed by atoms with van der Waals surface area (Å²) in [5.41, 5.74) is 1.36. The average molecular weight is 226 g/mol. The molecule has 14 heavy (non-hydrogen) atoms. The van der Waals surface area contributed by atoms with Gasteiger partial charge in [0, 0.05) is 42.2 Å². The summed E-state index contributed by atoms with van der Waals surface area (Å²) in [4.78, 5) is 6.51. The third kappa shape index (κ3) is 3.19. The number of hydrogen-bond donors (Lipinski definition) is 0. The van der Waals surface area contributed by atoms with Crippen molar-refractivity contribution in [2.45, 2.75) is 6.54 Å². The summed E-state index contributed by atoms with van der Waals surface area (Å²) in [7, 11) is 0. The summed E-state index contributed by atoms with van der Waals surface area (Å²) in [6, 6.07) is 4.19. The Bertz CT molecular complexity index is 258. The van der Waals surface area contributed by atoms with E-state index in [1.54, 1.807) is 0 Å². The maximum absolute atomic E-state index is 4.03. The monoisotopic (exact) mass is 226 g/mol. The minimum atomic E-state index is 1.06. The van der Waals surface area contributed by atoms with Crippen molar-refractivity contribution in [1.29, 1.82) is 0 Å². The van der Waals surface area contributed by atoms with E-state index in [0.29, 0.717) is 0 Å². The molecule has 1 aromatic rings. The Morgan fingerprint density at radius 2 is 1.79 bits per heavy atom. The Hall–Kier alpha value is -0.190. The molecule has 1 saturated heterocycles. The Morgan fingerprint density at radius 3 is 2.43 bits per heavy atom. The molecule has 0 bridgehead atoms. The molecule has 2 heterocycles. The van der Waals surface area contributed by atoms with Crippen LogP contribution in [-0.2, 0) is 6.54 Å². The lowest BCUT2D eigenvalue weighted by molar-refractivity contribution is 0.371. The Labute approximate surface area is 93.5 Å². The molecule has 0 saturated carbocycles. The van der Waals surface area contributed by atoms with Crippen LogP contribution in [0.3, 0.4) is 0 Å². The molecule has 0 spiro atoms. The van der Waals surface area contributed by atoms with Crippen LogP contribution in [0.25, 0.3) is 0 Å². The molecule has 1 aliphatic rings. The predicted molar refractivity (Wildman–Crippen MR) is 64.4 cm³/mol. The quantitative estimate of drug-likeness (QED) is 0.768. The first kappa shape index (κ1) is 10.3. The third-order valence-corrected chi connectivity index (χ3v) is 4.41. The van der Waals surface area contributed by atoms with E-state index in [0.717, 1.165) is 18.3 Å². The number of nitrogens with zero attached hydrogens (tertiary/aromatic N) is 2. The Morgan fingerprint density at radius 1 is 1.14 bits per heavy atom. The lowest BCUT2D eigenvalue weighted by Crippen LogP contribution is -2.21. The summed E-state index contributed by atoms with van der Waals surface area (Å²) < 4.78 is 0. The fraction of sp³-hybridized carbons (Fsp3) is 0.500. The van der Waals surface area contributed by atoms with Crippen molar-refractivity contribution in [1.82, 2.24) is 9.88 Å². The molecule has 1 fully saturated rings. The number of aromatic nitrogens is 1. The molecular weight excluding hydrogens is 212 g/mol. The van der Waals surface area contributed by atoms with E-state index in [4.69, 9.17) is 0 Å². The van der Waals surface area contributed by atoms with Crippen molar-refractivity contribution in [2.75, 3.05) is 23.3 Å². The van der Waals surface area contributed by atoms with Gasteiger partial charge in [-0.2, -0.15) is 0 Å². The fourth-order valence-corrected chi connectivity index (χ4v) is 3.58. The number of thioether (sulfide) groups is 2. The van der Waals surface area contributed by atoms with Crippen LogP contribution < -0.4 is 0 Å². The maximum atomic E-state index is 4.03. The Balaban J connectivity index is 1.90. The lowest BCUT2D eigenvalue weighted by Gasteiger charge is -2.18. The van der Waals surface area contributed by atoms with Crippen molar-refractivity contribution in [3.05, 3.63) is 30.1 Å². The summed E-state index contributed by atoms with van der Waals surface area (Å²) in [6.45, 7) is 1.06. The van der Waals surface area contributed by atoms with Gasteiger partial charge >= 0.3 is 0 Å². The van der Waals surface area contributed by atoms with Crippen molar-refractivity contribution in [3.63, 3.8) is 0 Å². The zero-order valence-corrected chi connectivity index (χ0v) is 9.69. The standard InChI is InChI=1S/C10H14N2S2/c1-3-11-4-2-10(1)7-12-8-13-5-6-14-9-12/h1-4H,5-9H2. The summed E-state index contributed by atoms with van der Waals surface area (Å²) in [6.07, 6.45) is 3.74. The highest BCUT2D eigenvalue weighted by molar-refractivity contribution is 8.03. The largest absolute Gasteiger partial charge is 0.281 e. The SMILES string of the molecule is c1cc(CN2CSCCSC2)ccn1. The topological polar surface area (TPSA) is 16.1 Å². The average Bonchev–Trinajstić information content (AvgIpc) is 2.48. The molecule has 1 aliphatic heterocycles. The molecular formula is C10H14N2S2. The molecule has 0 amide bonds. The molecule has 0 atom stereocenters. The van der Waals surface area contributed by atoms with E-state index in [2.05, 4.69) is 22.0 Å². The second-order valence-corrected chi connectivity index (χ2v) is 5.41. The van der Waals surface area contributed by atoms with Gasteiger partial charge in [0.05, 0.1) is 0 Å². The van der Waals surface area contributed by atoms with Crippen LogP contribution in [0.5, 0.6) is 0 Å². The van der Waals surface area contributed by atoms with Crippen molar-refractivity contribution < 1.29 is 0 Å². The van der Waals surface area contributed by atoms with Gasteiger partial charge in [-0.1, -0.05) is 0 Å². The van der Waals surface area contributed by atoms with Crippen molar-refractivity contribution in [3.8, 4) is 0 Å². The summed E-state index contributed by atoms with van der Waals surface area (Å²) in [5, 5.41) is 0. The first-order chi connectivity index (χ1) is 6.95. The van der Waals surface area contributed by atoms with Crippen LogP contribution in [0.4, 0.5) is 0 Å². The second kappa shape index (κ2) is 5.63. The molecule has 4 heteroatoms. The smallest absolute Gasteiger partial charge is 0.0456 e. The van der Waals surface area contributed by atoms with Gasteiger partial charge in [-0.3, -0.25) is 9.88 Å². The molecule has 0 aliphatic carbocycles. The zero-order valence-electron chi connectivity index (χ0n) is 8.06. The van der Waals surface area contributed by atoms with Crippen LogP contribution >= 0.6 is 23.5 Å². The van der Waals surface area contributed by atoms with Crippen LogP contribution in [-0.4, -0.2) is 33.1 Å². The maximum Gasteiger partial charge on any atom is 0.0456 e. The van der Waals surface area contributed by atoms with Crippen LogP contribution in [0.1, 0.15) is 5.56 Å². The fourth-order valence-electron chi connectivity index (χ4n) is 1.38. The first-order valence-electron chi connectivity index (χ1n) is 4.72. The van der Waals surface area contributed by atoms with Crippen LogP contribution in [0.2, 0.25) is 0 Å². The van der Waals surface area contributed by atoms with E-state index in [1.807, 2.05) is 35.9 Å². The molecule has 0 radical (unpaired) electrons. The highest BCUT2D eigenvalue weighted by atomic mass is 32.2. The molecule has 0 unspecified atom stereocenters. The molecule has 1 aromatic heterocycles. The van der Waals surface area contributed by atoms with Gasteiger partial charge in [0.25, 0.3) is 0 Å². The molecule has 2 nitrogen and oxygen atoms in total. The van der Waals surface area contributed by atoms with Gasteiger partial charge < -0.3 is 0 Å². The van der Waals surface area contributed by atoms with Crippen LogP contribution in [0, 0.1) is 0 Å². The predicted octanol–water partition coefficient (Wildman–Crippen LogP) is 2.28. The van der Waals surface area contributed by atoms with Crippen LogP contribution in [0.15, 0.2) is 24.5 Å². The van der Waals surface area contributed by atoms with E-state index >= 15 is 0 Å². The van der Waals surface area contributed by atoms with Crippen molar-refractivity contribution >= 4 is 23.5 Å². The highest BCUT2D eigenvalue weighted by Crippen LogP contribution is 2.18.